The Labute approximate surface area is 161 Å². The van der Waals surface area contributed by atoms with Gasteiger partial charge >= 0.3 is 5.97 Å². The summed E-state index contributed by atoms with van der Waals surface area (Å²) in [6, 6.07) is 8.22. The first-order valence-electron chi connectivity index (χ1n) is 8.75. The second-order valence-corrected chi connectivity index (χ2v) is 6.78. The van der Waals surface area contributed by atoms with E-state index in [2.05, 4.69) is 42.2 Å². The number of para-hydroxylation sites is 2. The third-order valence-corrected chi connectivity index (χ3v) is 5.10. The molecule has 0 N–H and O–H groups in total. The van der Waals surface area contributed by atoms with Gasteiger partial charge in [0, 0.05) is 6.42 Å². The smallest absolute Gasteiger partial charge is 0.348 e. The Balaban J connectivity index is 0.00000208. The SMILES string of the molecule is CCc1n(CC(=O)OC2CCC(C)CC2)c2ccccc2[n+]1C.I. The third-order valence-electron chi connectivity index (χ3n) is 5.10. The fourth-order valence-corrected chi connectivity index (χ4v) is 3.74. The van der Waals surface area contributed by atoms with Crippen molar-refractivity contribution in [3.05, 3.63) is 30.1 Å². The highest BCUT2D eigenvalue weighted by Crippen LogP contribution is 2.26. The summed E-state index contributed by atoms with van der Waals surface area (Å²) in [5, 5.41) is 0. The largest absolute Gasteiger partial charge is 0.459 e. The molecule has 0 spiro atoms. The number of ether oxygens (including phenoxy) is 1. The molecule has 0 atom stereocenters. The van der Waals surface area contributed by atoms with Gasteiger partial charge in [0.15, 0.2) is 17.6 Å². The zero-order valence-corrected chi connectivity index (χ0v) is 17.2. The summed E-state index contributed by atoms with van der Waals surface area (Å²) in [6.07, 6.45) is 5.35. The topological polar surface area (TPSA) is 35.1 Å². The molecule has 0 aliphatic heterocycles. The standard InChI is InChI=1S/C19H27N2O2.HI/c1-4-18-20(3)16-7-5-6-8-17(16)21(18)13-19(22)23-15-11-9-14(2)10-12-15;/h5-8,14-15H,4,9-13H2,1-3H3;1H/q+1;. The molecule has 1 aromatic carbocycles. The van der Waals surface area contributed by atoms with Crippen LogP contribution < -0.4 is 4.57 Å². The highest BCUT2D eigenvalue weighted by Gasteiger charge is 2.26. The van der Waals surface area contributed by atoms with Gasteiger partial charge in [0.1, 0.15) is 6.10 Å². The molecule has 0 saturated heterocycles. The number of hydrogen-bond acceptors (Lipinski definition) is 2. The highest BCUT2D eigenvalue weighted by atomic mass is 127. The van der Waals surface area contributed by atoms with E-state index in [0.717, 1.165) is 42.0 Å². The predicted molar refractivity (Wildman–Crippen MR) is 105 cm³/mol. The van der Waals surface area contributed by atoms with Crippen LogP contribution >= 0.6 is 24.0 Å². The number of nitrogens with zero attached hydrogens (tertiary/aromatic N) is 2. The zero-order chi connectivity index (χ0) is 16.4. The lowest BCUT2D eigenvalue weighted by Gasteiger charge is -2.25. The van der Waals surface area contributed by atoms with Crippen LogP contribution in [-0.4, -0.2) is 16.6 Å². The summed E-state index contributed by atoms with van der Waals surface area (Å²) in [6.45, 7) is 4.70. The van der Waals surface area contributed by atoms with E-state index in [0.29, 0.717) is 6.54 Å². The van der Waals surface area contributed by atoms with Crippen LogP contribution in [0.5, 0.6) is 0 Å². The van der Waals surface area contributed by atoms with Crippen molar-refractivity contribution in [2.24, 2.45) is 13.0 Å². The summed E-state index contributed by atoms with van der Waals surface area (Å²) in [5.74, 6) is 1.81. The van der Waals surface area contributed by atoms with E-state index in [1.165, 1.54) is 12.8 Å². The van der Waals surface area contributed by atoms with Crippen molar-refractivity contribution in [1.29, 1.82) is 0 Å². The number of halogens is 1. The van der Waals surface area contributed by atoms with Crippen molar-refractivity contribution in [2.75, 3.05) is 0 Å². The molecule has 1 heterocycles. The molecule has 3 rings (SSSR count). The molecule has 0 radical (unpaired) electrons. The lowest BCUT2D eigenvalue weighted by Crippen LogP contribution is -2.33. The number of aromatic nitrogens is 2. The molecule has 4 nitrogen and oxygen atoms in total. The Hall–Kier alpha value is -1.11. The summed E-state index contributed by atoms with van der Waals surface area (Å²) < 4.78 is 10.0. The number of esters is 1. The minimum atomic E-state index is -0.111. The van der Waals surface area contributed by atoms with Crippen LogP contribution in [0, 0.1) is 5.92 Å². The van der Waals surface area contributed by atoms with Crippen LogP contribution in [0.25, 0.3) is 11.0 Å². The maximum absolute atomic E-state index is 12.4. The van der Waals surface area contributed by atoms with Crippen molar-refractivity contribution in [3.8, 4) is 0 Å². The Morgan fingerprint density at radius 2 is 1.92 bits per heavy atom. The Morgan fingerprint density at radius 3 is 2.58 bits per heavy atom. The van der Waals surface area contributed by atoms with Gasteiger partial charge in [-0.25, -0.2) is 13.9 Å². The zero-order valence-electron chi connectivity index (χ0n) is 14.8. The molecule has 1 aromatic heterocycles. The summed E-state index contributed by atoms with van der Waals surface area (Å²) in [7, 11) is 2.06. The molecule has 132 valence electrons. The van der Waals surface area contributed by atoms with E-state index in [4.69, 9.17) is 4.74 Å². The van der Waals surface area contributed by atoms with Crippen molar-refractivity contribution < 1.29 is 14.1 Å². The molecule has 1 saturated carbocycles. The first kappa shape index (κ1) is 19.2. The Bertz CT molecular complexity index is 703. The van der Waals surface area contributed by atoms with Crippen LogP contribution in [0.15, 0.2) is 24.3 Å². The highest BCUT2D eigenvalue weighted by molar-refractivity contribution is 14.0. The summed E-state index contributed by atoms with van der Waals surface area (Å²) >= 11 is 0. The van der Waals surface area contributed by atoms with E-state index < -0.39 is 0 Å². The Kier molecular flexibility index (Phi) is 6.66. The number of carbonyl (C=O) groups excluding carboxylic acids is 1. The molecule has 24 heavy (non-hydrogen) atoms. The fraction of sp³-hybridized carbons (Fsp3) is 0.579. The van der Waals surface area contributed by atoms with Crippen LogP contribution in [-0.2, 0) is 29.5 Å². The number of imidazole rings is 1. The van der Waals surface area contributed by atoms with E-state index in [-0.39, 0.29) is 36.0 Å². The number of benzene rings is 1. The van der Waals surface area contributed by atoms with Gasteiger partial charge in [-0.3, -0.25) is 0 Å². The normalized spacial score (nSPS) is 20.6. The molecule has 1 aliphatic carbocycles. The van der Waals surface area contributed by atoms with Gasteiger partial charge in [0.2, 0.25) is 0 Å². The maximum Gasteiger partial charge on any atom is 0.348 e. The first-order valence-corrected chi connectivity index (χ1v) is 8.75. The average Bonchev–Trinajstić information content (AvgIpc) is 2.82. The average molecular weight is 443 g/mol. The van der Waals surface area contributed by atoms with Crippen molar-refractivity contribution in [3.63, 3.8) is 0 Å². The number of aryl methyl sites for hydroxylation is 1. The van der Waals surface area contributed by atoms with E-state index in [1.54, 1.807) is 0 Å². The lowest BCUT2D eigenvalue weighted by molar-refractivity contribution is -0.653. The summed E-state index contributed by atoms with van der Waals surface area (Å²) in [5.41, 5.74) is 2.25. The van der Waals surface area contributed by atoms with Gasteiger partial charge in [-0.05, 0) is 43.7 Å². The second-order valence-electron chi connectivity index (χ2n) is 6.78. The summed E-state index contributed by atoms with van der Waals surface area (Å²) in [4.78, 5) is 12.4. The van der Waals surface area contributed by atoms with Gasteiger partial charge in [0.25, 0.3) is 5.82 Å². The number of carbonyl (C=O) groups is 1. The van der Waals surface area contributed by atoms with Crippen molar-refractivity contribution in [2.45, 2.75) is 58.6 Å². The van der Waals surface area contributed by atoms with Gasteiger partial charge < -0.3 is 4.74 Å². The predicted octanol–water partition coefficient (Wildman–Crippen LogP) is 3.77. The van der Waals surface area contributed by atoms with Crippen LogP contribution in [0.1, 0.15) is 45.4 Å². The molecular formula is C19H28IN2O2+. The molecule has 1 aliphatic rings. The van der Waals surface area contributed by atoms with E-state index in [9.17, 15) is 4.79 Å². The quantitative estimate of drug-likeness (QED) is 0.410. The van der Waals surface area contributed by atoms with Gasteiger partial charge in [-0.1, -0.05) is 26.0 Å². The van der Waals surface area contributed by atoms with Gasteiger partial charge in [-0.2, -0.15) is 0 Å². The maximum atomic E-state index is 12.4. The third kappa shape index (κ3) is 3.92. The van der Waals surface area contributed by atoms with Crippen LogP contribution in [0.3, 0.4) is 0 Å². The number of rotatable bonds is 4. The van der Waals surface area contributed by atoms with Crippen molar-refractivity contribution >= 4 is 41.0 Å². The minimum Gasteiger partial charge on any atom is -0.459 e. The minimum absolute atomic E-state index is 0. The molecule has 0 unspecified atom stereocenters. The second kappa shape index (κ2) is 8.32. The molecule has 1 fully saturated rings. The van der Waals surface area contributed by atoms with Gasteiger partial charge in [0.05, 0.1) is 7.05 Å². The van der Waals surface area contributed by atoms with Crippen molar-refractivity contribution in [1.82, 2.24) is 4.57 Å². The van der Waals surface area contributed by atoms with Crippen LogP contribution in [0.2, 0.25) is 0 Å². The molecule has 2 aromatic rings. The first-order chi connectivity index (χ1) is 11.1. The monoisotopic (exact) mass is 443 g/mol. The molecule has 0 bridgehead atoms. The Morgan fingerprint density at radius 1 is 1.25 bits per heavy atom. The van der Waals surface area contributed by atoms with E-state index in [1.807, 2.05) is 12.1 Å². The molecular weight excluding hydrogens is 415 g/mol. The molecule has 5 heteroatoms. The van der Waals surface area contributed by atoms with Gasteiger partial charge in [-0.15, -0.1) is 24.0 Å². The molecule has 0 amide bonds. The van der Waals surface area contributed by atoms with E-state index >= 15 is 0 Å². The number of fused-ring (bicyclic) bond motifs is 1. The number of hydrogen-bond donors (Lipinski definition) is 0. The fourth-order valence-electron chi connectivity index (χ4n) is 3.74. The van der Waals surface area contributed by atoms with Crippen LogP contribution in [0.4, 0.5) is 0 Å². The lowest BCUT2D eigenvalue weighted by atomic mass is 9.89.